The van der Waals surface area contributed by atoms with Crippen LogP contribution < -0.4 is 0 Å². The fourth-order valence-electron chi connectivity index (χ4n) is 1.88. The molecule has 0 aliphatic carbocycles. The van der Waals surface area contributed by atoms with Crippen molar-refractivity contribution in [1.82, 2.24) is 24.5 Å². The van der Waals surface area contributed by atoms with Crippen molar-refractivity contribution in [3.63, 3.8) is 0 Å². The molecule has 0 amide bonds. The molecule has 1 unspecified atom stereocenters. The summed E-state index contributed by atoms with van der Waals surface area (Å²) in [5, 5.41) is 24.5. The van der Waals surface area contributed by atoms with Gasteiger partial charge in [0, 0.05) is 12.4 Å². The third kappa shape index (κ3) is 4.15. The van der Waals surface area contributed by atoms with E-state index in [-0.39, 0.29) is 0 Å². The number of hydrogen-bond donors (Lipinski definition) is 1. The highest BCUT2D eigenvalue weighted by Gasteiger charge is 2.16. The lowest BCUT2D eigenvalue weighted by Crippen LogP contribution is -2.18. The number of aromatic nitrogens is 5. The van der Waals surface area contributed by atoms with Crippen LogP contribution in [0.15, 0.2) is 28.9 Å². The Morgan fingerprint density at radius 2 is 2.30 bits per heavy atom. The van der Waals surface area contributed by atoms with Gasteiger partial charge in [0.05, 0.1) is 12.7 Å². The first kappa shape index (κ1) is 16.7. The number of nitrogens with zero attached hydrogens (tertiary/aromatic N) is 7. The van der Waals surface area contributed by atoms with Crippen LogP contribution in [-0.4, -0.2) is 48.4 Å². The Bertz CT molecular complexity index is 674. The van der Waals surface area contributed by atoms with Crippen molar-refractivity contribution >= 4 is 12.1 Å². The maximum Gasteiger partial charge on any atom is 0.207 e. The molecule has 0 radical (unpaired) electrons. The van der Waals surface area contributed by atoms with Crippen LogP contribution in [0.5, 0.6) is 0 Å². The third-order valence-corrected chi connectivity index (χ3v) is 3.29. The molecular formula is C14H21N7O2. The molecule has 0 saturated carbocycles. The highest BCUT2D eigenvalue weighted by molar-refractivity contribution is 6.00. The average molecular weight is 319 g/mol. The van der Waals surface area contributed by atoms with Gasteiger partial charge in [-0.1, -0.05) is 30.6 Å². The molecule has 0 saturated heterocycles. The molecule has 124 valence electrons. The van der Waals surface area contributed by atoms with E-state index in [1.165, 1.54) is 6.21 Å². The van der Waals surface area contributed by atoms with Crippen molar-refractivity contribution in [2.45, 2.75) is 33.7 Å². The van der Waals surface area contributed by atoms with Crippen LogP contribution in [0.4, 0.5) is 0 Å². The summed E-state index contributed by atoms with van der Waals surface area (Å²) < 4.78 is 1.62. The predicted octanol–water partition coefficient (Wildman–Crippen LogP) is 1.58. The smallest absolute Gasteiger partial charge is 0.207 e. The second-order valence-electron chi connectivity index (χ2n) is 5.03. The van der Waals surface area contributed by atoms with Gasteiger partial charge in [0.25, 0.3) is 0 Å². The van der Waals surface area contributed by atoms with E-state index in [0.29, 0.717) is 29.9 Å². The Morgan fingerprint density at radius 1 is 1.48 bits per heavy atom. The molecule has 0 bridgehead atoms. The van der Waals surface area contributed by atoms with Crippen molar-refractivity contribution in [2.75, 3.05) is 6.61 Å². The van der Waals surface area contributed by atoms with Gasteiger partial charge in [0.2, 0.25) is 5.84 Å². The zero-order chi connectivity index (χ0) is 16.7. The van der Waals surface area contributed by atoms with Crippen molar-refractivity contribution in [3.05, 3.63) is 30.1 Å². The van der Waals surface area contributed by atoms with Gasteiger partial charge < -0.3 is 10.0 Å². The van der Waals surface area contributed by atoms with E-state index in [0.717, 1.165) is 13.0 Å². The average Bonchev–Trinajstić information content (AvgIpc) is 3.18. The van der Waals surface area contributed by atoms with E-state index < -0.39 is 0 Å². The molecule has 0 aromatic carbocycles. The molecule has 2 aromatic rings. The molecule has 0 fully saturated rings. The molecule has 2 rings (SSSR count). The fraction of sp³-hybridized carbons (Fsp3) is 0.500. The first-order valence-electron chi connectivity index (χ1n) is 7.51. The van der Waals surface area contributed by atoms with Crippen molar-refractivity contribution in [1.29, 1.82) is 0 Å². The van der Waals surface area contributed by atoms with Gasteiger partial charge in [-0.2, -0.15) is 9.90 Å². The van der Waals surface area contributed by atoms with Crippen LogP contribution in [0.25, 0.3) is 0 Å². The summed E-state index contributed by atoms with van der Waals surface area (Å²) in [7, 11) is 0. The lowest BCUT2D eigenvalue weighted by Gasteiger charge is -2.07. The Kier molecular flexibility index (Phi) is 5.84. The maximum absolute atomic E-state index is 8.73. The molecule has 0 aliphatic heterocycles. The zero-order valence-corrected chi connectivity index (χ0v) is 13.5. The summed E-state index contributed by atoms with van der Waals surface area (Å²) in [6.45, 7) is 7.26. The van der Waals surface area contributed by atoms with Gasteiger partial charge in [0.15, 0.2) is 11.5 Å². The molecule has 1 atom stereocenters. The molecule has 9 heteroatoms. The molecule has 2 heterocycles. The van der Waals surface area contributed by atoms with E-state index in [2.05, 4.69) is 39.3 Å². The number of imidazole rings is 1. The Morgan fingerprint density at radius 3 is 3.00 bits per heavy atom. The minimum Gasteiger partial charge on any atom is -0.411 e. The SMILES string of the molecule is CCON=C(c1cnn(CC(C)CC)n1)n1ccnc1C=NO. The molecule has 1 N–H and O–H groups in total. The van der Waals surface area contributed by atoms with E-state index in [1.54, 1.807) is 28.0 Å². The third-order valence-electron chi connectivity index (χ3n) is 3.29. The van der Waals surface area contributed by atoms with E-state index in [4.69, 9.17) is 10.0 Å². The molecular weight excluding hydrogens is 298 g/mol. The summed E-state index contributed by atoms with van der Waals surface area (Å²) in [5.41, 5.74) is 0.548. The monoisotopic (exact) mass is 319 g/mol. The first-order valence-corrected chi connectivity index (χ1v) is 7.51. The standard InChI is InChI=1S/C14H21N7O2/c1-4-11(3)10-21-16-8-12(18-21)14(19-23-5-2)20-7-6-15-13(20)9-17-22/h6-9,11,22H,4-5,10H2,1-3H3. The lowest BCUT2D eigenvalue weighted by molar-refractivity contribution is 0.158. The summed E-state index contributed by atoms with van der Waals surface area (Å²) >= 11 is 0. The second-order valence-corrected chi connectivity index (χ2v) is 5.03. The largest absolute Gasteiger partial charge is 0.411 e. The molecule has 23 heavy (non-hydrogen) atoms. The number of rotatable bonds is 7. The summed E-state index contributed by atoms with van der Waals surface area (Å²) in [5.74, 6) is 1.31. The van der Waals surface area contributed by atoms with Crippen LogP contribution in [0.2, 0.25) is 0 Å². The topological polar surface area (TPSA) is 103 Å². The minimum atomic E-state index is 0.405. The number of oxime groups is 2. The van der Waals surface area contributed by atoms with E-state index in [1.807, 2.05) is 6.92 Å². The normalized spacial score (nSPS) is 13.6. The Balaban J connectivity index is 2.34. The van der Waals surface area contributed by atoms with Gasteiger partial charge in [0.1, 0.15) is 12.8 Å². The van der Waals surface area contributed by atoms with Gasteiger partial charge in [-0.25, -0.2) is 4.98 Å². The second kappa shape index (κ2) is 8.06. The molecule has 2 aromatic heterocycles. The zero-order valence-electron chi connectivity index (χ0n) is 13.5. The maximum atomic E-state index is 8.73. The van der Waals surface area contributed by atoms with Crippen molar-refractivity contribution in [3.8, 4) is 0 Å². The minimum absolute atomic E-state index is 0.405. The predicted molar refractivity (Wildman–Crippen MR) is 84.6 cm³/mol. The van der Waals surface area contributed by atoms with Gasteiger partial charge in [-0.3, -0.25) is 4.57 Å². The van der Waals surface area contributed by atoms with Crippen molar-refractivity contribution < 1.29 is 10.0 Å². The lowest BCUT2D eigenvalue weighted by atomic mass is 10.1. The molecule has 9 nitrogen and oxygen atoms in total. The van der Waals surface area contributed by atoms with Crippen LogP contribution in [0.3, 0.4) is 0 Å². The van der Waals surface area contributed by atoms with Gasteiger partial charge >= 0.3 is 0 Å². The highest BCUT2D eigenvalue weighted by atomic mass is 16.6. The summed E-state index contributed by atoms with van der Waals surface area (Å²) in [6, 6.07) is 0. The van der Waals surface area contributed by atoms with Crippen molar-refractivity contribution in [2.24, 2.45) is 16.2 Å². The van der Waals surface area contributed by atoms with Crippen LogP contribution >= 0.6 is 0 Å². The fourth-order valence-corrected chi connectivity index (χ4v) is 1.88. The Labute approximate surface area is 134 Å². The van der Waals surface area contributed by atoms with E-state index >= 15 is 0 Å². The van der Waals surface area contributed by atoms with E-state index in [9.17, 15) is 0 Å². The molecule has 0 spiro atoms. The first-order chi connectivity index (χ1) is 11.2. The van der Waals surface area contributed by atoms with Crippen LogP contribution in [-0.2, 0) is 11.4 Å². The van der Waals surface area contributed by atoms with Crippen LogP contribution in [0.1, 0.15) is 38.7 Å². The highest BCUT2D eigenvalue weighted by Crippen LogP contribution is 2.07. The molecule has 0 aliphatic rings. The Hall–Kier alpha value is -2.71. The van der Waals surface area contributed by atoms with Crippen LogP contribution in [0, 0.1) is 5.92 Å². The summed E-state index contributed by atoms with van der Waals surface area (Å²) in [6.07, 6.45) is 7.14. The summed E-state index contributed by atoms with van der Waals surface area (Å²) in [4.78, 5) is 10.9. The number of hydrogen-bond acceptors (Lipinski definition) is 7. The van der Waals surface area contributed by atoms with Gasteiger partial charge in [-0.05, 0) is 12.8 Å². The quantitative estimate of drug-likeness (QED) is 0.361. The van der Waals surface area contributed by atoms with Gasteiger partial charge in [-0.15, -0.1) is 5.10 Å².